The van der Waals surface area contributed by atoms with Crippen LogP contribution in [0.1, 0.15) is 39.2 Å². The van der Waals surface area contributed by atoms with Crippen molar-refractivity contribution in [3.8, 4) is 5.69 Å². The number of nitrogens with zero attached hydrogens (tertiary/aromatic N) is 1. The number of carbonyl (C=O) groups is 2. The summed E-state index contributed by atoms with van der Waals surface area (Å²) in [5, 5.41) is 13.6. The van der Waals surface area contributed by atoms with E-state index in [0.29, 0.717) is 10.6 Å². The highest BCUT2D eigenvalue weighted by molar-refractivity contribution is 6.30. The molecule has 1 atom stereocenters. The molecule has 0 radical (unpaired) electrons. The zero-order valence-corrected chi connectivity index (χ0v) is 16.9. The molecule has 0 saturated carbocycles. The predicted octanol–water partition coefficient (Wildman–Crippen LogP) is 5.47. The van der Waals surface area contributed by atoms with Gasteiger partial charge in [0.15, 0.2) is 0 Å². The molecular formula is C24H19ClN2O3. The molecule has 3 aromatic carbocycles. The number of para-hydroxylation sites is 1. The number of benzene rings is 3. The van der Waals surface area contributed by atoms with Gasteiger partial charge in [0, 0.05) is 22.3 Å². The van der Waals surface area contributed by atoms with Crippen molar-refractivity contribution < 1.29 is 14.7 Å². The predicted molar refractivity (Wildman–Crippen MR) is 118 cm³/mol. The minimum Gasteiger partial charge on any atom is -0.478 e. The lowest BCUT2D eigenvalue weighted by atomic mass is 10.0. The van der Waals surface area contributed by atoms with Gasteiger partial charge in [0.1, 0.15) is 0 Å². The number of amides is 1. The van der Waals surface area contributed by atoms with Crippen molar-refractivity contribution in [3.63, 3.8) is 0 Å². The Morgan fingerprint density at radius 1 is 1.00 bits per heavy atom. The fourth-order valence-corrected chi connectivity index (χ4v) is 3.68. The summed E-state index contributed by atoms with van der Waals surface area (Å²) in [5.41, 5.74) is 3.25. The van der Waals surface area contributed by atoms with Crippen molar-refractivity contribution in [1.82, 2.24) is 9.88 Å². The molecule has 0 aliphatic carbocycles. The smallest absolute Gasteiger partial charge is 0.335 e. The van der Waals surface area contributed by atoms with Gasteiger partial charge in [-0.25, -0.2) is 4.79 Å². The van der Waals surface area contributed by atoms with Crippen LogP contribution in [0.4, 0.5) is 0 Å². The molecule has 1 heterocycles. The quantitative estimate of drug-likeness (QED) is 0.451. The van der Waals surface area contributed by atoms with E-state index in [4.69, 9.17) is 16.7 Å². The van der Waals surface area contributed by atoms with Crippen molar-refractivity contribution in [2.45, 2.75) is 13.0 Å². The van der Waals surface area contributed by atoms with Crippen LogP contribution in [0, 0.1) is 0 Å². The molecule has 6 heteroatoms. The fraction of sp³-hybridized carbons (Fsp3) is 0.0833. The van der Waals surface area contributed by atoms with Crippen molar-refractivity contribution in [2.24, 2.45) is 0 Å². The second-order valence-electron chi connectivity index (χ2n) is 7.03. The van der Waals surface area contributed by atoms with Crippen LogP contribution in [0.3, 0.4) is 0 Å². The largest absolute Gasteiger partial charge is 0.478 e. The Labute approximate surface area is 178 Å². The minimum atomic E-state index is -0.980. The van der Waals surface area contributed by atoms with Crippen LogP contribution < -0.4 is 5.32 Å². The number of fused-ring (bicyclic) bond motifs is 1. The number of rotatable bonds is 5. The first-order valence-electron chi connectivity index (χ1n) is 9.44. The average molecular weight is 419 g/mol. The third kappa shape index (κ3) is 3.80. The third-order valence-corrected chi connectivity index (χ3v) is 5.28. The molecule has 0 fully saturated rings. The van der Waals surface area contributed by atoms with E-state index in [1.54, 1.807) is 18.2 Å². The molecule has 150 valence electrons. The Bertz CT molecular complexity index is 1250. The van der Waals surface area contributed by atoms with Crippen LogP contribution in [0.15, 0.2) is 79.0 Å². The molecule has 30 heavy (non-hydrogen) atoms. The fourth-order valence-electron chi connectivity index (χ4n) is 3.49. The standard InChI is InChI=1S/C24H19ClN2O3/c1-15(16-8-10-18(11-9-16)24(29)30)26-23(28)21-7-2-4-17-12-13-27(22(17)21)20-6-3-5-19(25)14-20/h2-15H,1H3,(H,26,28)(H,29,30). The number of carboxylic acids is 1. The van der Waals surface area contributed by atoms with Gasteiger partial charge in [0.2, 0.25) is 0 Å². The molecule has 0 bridgehead atoms. The summed E-state index contributed by atoms with van der Waals surface area (Å²) in [6.07, 6.45) is 1.92. The maximum absolute atomic E-state index is 13.1. The number of aromatic nitrogens is 1. The second kappa shape index (κ2) is 8.05. The summed E-state index contributed by atoms with van der Waals surface area (Å²) in [4.78, 5) is 24.2. The van der Waals surface area contributed by atoms with Crippen LogP contribution in [0.25, 0.3) is 16.6 Å². The lowest BCUT2D eigenvalue weighted by Gasteiger charge is -2.16. The molecule has 0 spiro atoms. The first-order valence-corrected chi connectivity index (χ1v) is 9.82. The van der Waals surface area contributed by atoms with Gasteiger partial charge in [-0.1, -0.05) is 41.9 Å². The lowest BCUT2D eigenvalue weighted by Crippen LogP contribution is -2.27. The van der Waals surface area contributed by atoms with Crippen molar-refractivity contribution in [1.29, 1.82) is 0 Å². The molecule has 2 N–H and O–H groups in total. The van der Waals surface area contributed by atoms with E-state index < -0.39 is 5.97 Å². The average Bonchev–Trinajstić information content (AvgIpc) is 3.18. The number of carboxylic acid groups (broad SMARTS) is 1. The highest BCUT2D eigenvalue weighted by Crippen LogP contribution is 2.26. The van der Waals surface area contributed by atoms with Crippen molar-refractivity contribution >= 4 is 34.4 Å². The minimum absolute atomic E-state index is 0.210. The van der Waals surface area contributed by atoms with Gasteiger partial charge in [-0.15, -0.1) is 0 Å². The highest BCUT2D eigenvalue weighted by atomic mass is 35.5. The van der Waals surface area contributed by atoms with Crippen LogP contribution >= 0.6 is 11.6 Å². The van der Waals surface area contributed by atoms with E-state index in [1.165, 1.54) is 12.1 Å². The maximum atomic E-state index is 13.1. The van der Waals surface area contributed by atoms with Gasteiger partial charge in [-0.05, 0) is 55.0 Å². The molecule has 0 saturated heterocycles. The summed E-state index contributed by atoms with van der Waals surface area (Å²) in [6, 6.07) is 21.2. The van der Waals surface area contributed by atoms with Gasteiger partial charge >= 0.3 is 5.97 Å². The topological polar surface area (TPSA) is 71.3 Å². The summed E-state index contributed by atoms with van der Waals surface area (Å²) in [6.45, 7) is 1.86. The Balaban J connectivity index is 1.66. The highest BCUT2D eigenvalue weighted by Gasteiger charge is 2.17. The Morgan fingerprint density at radius 2 is 1.73 bits per heavy atom. The van der Waals surface area contributed by atoms with Crippen LogP contribution in [0.5, 0.6) is 0 Å². The molecule has 1 aromatic heterocycles. The number of hydrogen-bond acceptors (Lipinski definition) is 2. The summed E-state index contributed by atoms with van der Waals surface area (Å²) < 4.78 is 1.95. The van der Waals surface area contributed by atoms with Crippen molar-refractivity contribution in [3.05, 3.63) is 101 Å². The molecule has 5 nitrogen and oxygen atoms in total. The molecule has 0 aliphatic heterocycles. The first-order chi connectivity index (χ1) is 14.4. The van der Waals surface area contributed by atoms with E-state index in [2.05, 4.69) is 5.32 Å². The second-order valence-corrected chi connectivity index (χ2v) is 7.47. The van der Waals surface area contributed by atoms with E-state index in [0.717, 1.165) is 22.2 Å². The Hall–Kier alpha value is -3.57. The molecule has 0 aliphatic rings. The molecule has 1 unspecified atom stereocenters. The monoisotopic (exact) mass is 418 g/mol. The maximum Gasteiger partial charge on any atom is 0.335 e. The Morgan fingerprint density at radius 3 is 2.43 bits per heavy atom. The van der Waals surface area contributed by atoms with Gasteiger partial charge in [0.05, 0.1) is 22.7 Å². The number of hydrogen-bond donors (Lipinski definition) is 2. The number of nitrogens with one attached hydrogen (secondary N) is 1. The van der Waals surface area contributed by atoms with Crippen LogP contribution in [-0.4, -0.2) is 21.6 Å². The zero-order valence-electron chi connectivity index (χ0n) is 16.2. The number of aromatic carboxylic acids is 1. The van der Waals surface area contributed by atoms with Gasteiger partial charge in [0.25, 0.3) is 5.91 Å². The molecule has 4 rings (SSSR count). The van der Waals surface area contributed by atoms with E-state index in [9.17, 15) is 9.59 Å². The summed E-state index contributed by atoms with van der Waals surface area (Å²) >= 11 is 6.15. The van der Waals surface area contributed by atoms with Gasteiger partial charge < -0.3 is 15.0 Å². The summed E-state index contributed by atoms with van der Waals surface area (Å²) in [7, 11) is 0. The van der Waals surface area contributed by atoms with Crippen LogP contribution in [0.2, 0.25) is 5.02 Å². The lowest BCUT2D eigenvalue weighted by molar-refractivity contribution is 0.0696. The molecular weight excluding hydrogens is 400 g/mol. The first kappa shape index (κ1) is 19.7. The van der Waals surface area contributed by atoms with E-state index in [-0.39, 0.29) is 17.5 Å². The summed E-state index contributed by atoms with van der Waals surface area (Å²) in [5.74, 6) is -1.19. The molecule has 1 amide bonds. The SMILES string of the molecule is CC(NC(=O)c1cccc2ccn(-c3cccc(Cl)c3)c12)c1ccc(C(=O)O)cc1. The third-order valence-electron chi connectivity index (χ3n) is 5.05. The molecule has 4 aromatic rings. The normalized spacial score (nSPS) is 11.9. The van der Waals surface area contributed by atoms with Crippen molar-refractivity contribution in [2.75, 3.05) is 0 Å². The number of halogens is 1. The van der Waals surface area contributed by atoms with E-state index >= 15 is 0 Å². The van der Waals surface area contributed by atoms with E-state index in [1.807, 2.05) is 60.2 Å². The van der Waals surface area contributed by atoms with Gasteiger partial charge in [-0.3, -0.25) is 4.79 Å². The van der Waals surface area contributed by atoms with Crippen LogP contribution in [-0.2, 0) is 0 Å². The zero-order chi connectivity index (χ0) is 21.3. The van der Waals surface area contributed by atoms with Gasteiger partial charge in [-0.2, -0.15) is 0 Å². The number of carbonyl (C=O) groups excluding carboxylic acids is 1. The Kier molecular flexibility index (Phi) is 5.29.